The van der Waals surface area contributed by atoms with Gasteiger partial charge in [-0.15, -0.1) is 0 Å². The number of nitrogens with zero attached hydrogens (tertiary/aromatic N) is 2. The molecule has 6 heteroatoms. The molecule has 5 nitrogen and oxygen atoms in total. The number of hydrogen-bond acceptors (Lipinski definition) is 3. The number of ether oxygens (including phenoxy) is 1. The fourth-order valence-electron chi connectivity index (χ4n) is 3.92. The Bertz CT molecular complexity index is 787. The van der Waals surface area contributed by atoms with Crippen LogP contribution in [0.4, 0.5) is 4.79 Å². The highest BCUT2D eigenvalue weighted by atomic mass is 35.5. The summed E-state index contributed by atoms with van der Waals surface area (Å²) < 4.78 is 5.60. The van der Waals surface area contributed by atoms with E-state index in [1.54, 1.807) is 6.20 Å². The van der Waals surface area contributed by atoms with Crippen LogP contribution >= 0.6 is 11.6 Å². The lowest BCUT2D eigenvalue weighted by molar-refractivity contribution is 0.0500. The number of aromatic nitrogens is 1. The third kappa shape index (κ3) is 4.47. The minimum absolute atomic E-state index is 0.00573. The largest absolute Gasteiger partial charge is 0.381 e. The molecule has 1 aromatic carbocycles. The second kappa shape index (κ2) is 8.50. The van der Waals surface area contributed by atoms with E-state index in [1.165, 1.54) is 5.56 Å². The third-order valence-corrected chi connectivity index (χ3v) is 6.06. The second-order valence-electron chi connectivity index (χ2n) is 7.78. The Labute approximate surface area is 171 Å². The van der Waals surface area contributed by atoms with E-state index in [0.717, 1.165) is 36.3 Å². The van der Waals surface area contributed by atoms with Crippen LogP contribution in [0.3, 0.4) is 0 Å². The highest BCUT2D eigenvalue weighted by Gasteiger charge is 2.37. The van der Waals surface area contributed by atoms with Crippen molar-refractivity contribution in [2.45, 2.75) is 43.7 Å². The maximum atomic E-state index is 13.0. The summed E-state index contributed by atoms with van der Waals surface area (Å²) in [6.45, 7) is 2.62. The van der Waals surface area contributed by atoms with E-state index in [-0.39, 0.29) is 11.4 Å². The molecule has 2 fully saturated rings. The summed E-state index contributed by atoms with van der Waals surface area (Å²) in [4.78, 5) is 19.2. The molecule has 2 amide bonds. The first-order valence-electron chi connectivity index (χ1n) is 9.93. The number of benzene rings is 1. The molecule has 28 heavy (non-hydrogen) atoms. The van der Waals surface area contributed by atoms with Gasteiger partial charge in [-0.25, -0.2) is 4.79 Å². The fraction of sp³-hybridized carbons (Fsp3) is 0.455. The molecule has 2 aromatic rings. The van der Waals surface area contributed by atoms with E-state index in [0.29, 0.717) is 32.3 Å². The smallest absolute Gasteiger partial charge is 0.317 e. The highest BCUT2D eigenvalue weighted by Crippen LogP contribution is 2.35. The average Bonchev–Trinajstić information content (AvgIpc) is 3.57. The van der Waals surface area contributed by atoms with Crippen LogP contribution in [0, 0.1) is 0 Å². The molecule has 0 unspecified atom stereocenters. The maximum absolute atomic E-state index is 13.0. The van der Waals surface area contributed by atoms with Gasteiger partial charge in [0.15, 0.2) is 0 Å². The summed E-state index contributed by atoms with van der Waals surface area (Å²) in [5.74, 6) is 0. The van der Waals surface area contributed by atoms with Crippen LogP contribution in [0.1, 0.15) is 36.8 Å². The summed E-state index contributed by atoms with van der Waals surface area (Å²) in [7, 11) is 0. The Morgan fingerprint density at radius 2 is 1.96 bits per heavy atom. The van der Waals surface area contributed by atoms with Crippen LogP contribution in [-0.4, -0.2) is 41.7 Å². The molecule has 0 spiro atoms. The van der Waals surface area contributed by atoms with Gasteiger partial charge in [-0.3, -0.25) is 4.98 Å². The molecule has 0 atom stereocenters. The van der Waals surface area contributed by atoms with Crippen LogP contribution < -0.4 is 5.32 Å². The van der Waals surface area contributed by atoms with Crippen LogP contribution in [-0.2, 0) is 16.7 Å². The SMILES string of the molecule is O=C(NCC1(c2ccc(Cl)cc2)CCOCC1)N(Cc1cccnc1)C1CC1. The van der Waals surface area contributed by atoms with Crippen molar-refractivity contribution in [1.82, 2.24) is 15.2 Å². The first-order valence-corrected chi connectivity index (χ1v) is 10.3. The Kier molecular flexibility index (Phi) is 5.83. The molecule has 1 aliphatic carbocycles. The maximum Gasteiger partial charge on any atom is 0.317 e. The summed E-state index contributed by atoms with van der Waals surface area (Å²) >= 11 is 6.08. The van der Waals surface area contributed by atoms with Gasteiger partial charge in [0.25, 0.3) is 0 Å². The van der Waals surface area contributed by atoms with Crippen molar-refractivity contribution in [2.24, 2.45) is 0 Å². The van der Waals surface area contributed by atoms with Gasteiger partial charge in [0.05, 0.1) is 0 Å². The Morgan fingerprint density at radius 3 is 2.61 bits per heavy atom. The number of amides is 2. The fourth-order valence-corrected chi connectivity index (χ4v) is 4.05. The predicted octanol–water partition coefficient (Wildman–Crippen LogP) is 4.16. The molecule has 1 saturated carbocycles. The zero-order valence-electron chi connectivity index (χ0n) is 15.9. The zero-order valence-corrected chi connectivity index (χ0v) is 16.7. The summed E-state index contributed by atoms with van der Waals surface area (Å²) in [5.41, 5.74) is 2.16. The lowest BCUT2D eigenvalue weighted by atomic mass is 9.74. The molecular weight excluding hydrogens is 374 g/mol. The van der Waals surface area contributed by atoms with Crippen LogP contribution in [0.2, 0.25) is 5.02 Å². The van der Waals surface area contributed by atoms with Crippen molar-refractivity contribution in [3.8, 4) is 0 Å². The number of carbonyl (C=O) groups excluding carboxylic acids is 1. The topological polar surface area (TPSA) is 54.5 Å². The Hall–Kier alpha value is -2.11. The average molecular weight is 400 g/mol. The first-order chi connectivity index (χ1) is 13.7. The minimum atomic E-state index is -0.109. The highest BCUT2D eigenvalue weighted by molar-refractivity contribution is 6.30. The van der Waals surface area contributed by atoms with Gasteiger partial charge in [0.1, 0.15) is 0 Å². The molecule has 4 rings (SSSR count). The number of pyridine rings is 1. The van der Waals surface area contributed by atoms with E-state index in [1.807, 2.05) is 35.4 Å². The molecule has 0 radical (unpaired) electrons. The van der Waals surface area contributed by atoms with Crippen LogP contribution in [0.5, 0.6) is 0 Å². The number of urea groups is 1. The van der Waals surface area contributed by atoms with E-state index < -0.39 is 0 Å². The van der Waals surface area contributed by atoms with Crippen molar-refractivity contribution in [1.29, 1.82) is 0 Å². The van der Waals surface area contributed by atoms with E-state index in [4.69, 9.17) is 16.3 Å². The molecule has 1 aliphatic heterocycles. The first kappa shape index (κ1) is 19.2. The standard InChI is InChI=1S/C22H26ClN3O2/c23-19-5-3-18(4-6-19)22(9-12-28-13-10-22)16-25-21(27)26(20-7-8-20)15-17-2-1-11-24-14-17/h1-6,11,14,20H,7-10,12-13,15-16H2,(H,25,27). The number of nitrogens with one attached hydrogen (secondary N) is 1. The molecule has 148 valence electrons. The zero-order chi connectivity index (χ0) is 19.4. The molecular formula is C22H26ClN3O2. The molecule has 1 saturated heterocycles. The third-order valence-electron chi connectivity index (χ3n) is 5.81. The predicted molar refractivity (Wildman–Crippen MR) is 109 cm³/mol. The van der Waals surface area contributed by atoms with Crippen molar-refractivity contribution in [3.63, 3.8) is 0 Å². The quantitative estimate of drug-likeness (QED) is 0.793. The van der Waals surface area contributed by atoms with Crippen molar-refractivity contribution >= 4 is 17.6 Å². The molecule has 1 aromatic heterocycles. The van der Waals surface area contributed by atoms with Crippen LogP contribution in [0.15, 0.2) is 48.8 Å². The van der Waals surface area contributed by atoms with E-state index >= 15 is 0 Å². The normalized spacial score (nSPS) is 18.5. The minimum Gasteiger partial charge on any atom is -0.381 e. The molecule has 2 heterocycles. The van der Waals surface area contributed by atoms with Gasteiger partial charge in [0.2, 0.25) is 0 Å². The summed E-state index contributed by atoms with van der Waals surface area (Å²) in [5, 5.41) is 3.95. The van der Waals surface area contributed by atoms with Gasteiger partial charge < -0.3 is 15.0 Å². The van der Waals surface area contributed by atoms with Crippen molar-refractivity contribution < 1.29 is 9.53 Å². The number of rotatable bonds is 6. The van der Waals surface area contributed by atoms with Crippen molar-refractivity contribution in [2.75, 3.05) is 19.8 Å². The van der Waals surface area contributed by atoms with E-state index in [9.17, 15) is 4.79 Å². The van der Waals surface area contributed by atoms with Gasteiger partial charge in [-0.2, -0.15) is 0 Å². The van der Waals surface area contributed by atoms with Gasteiger partial charge in [-0.1, -0.05) is 29.8 Å². The molecule has 0 bridgehead atoms. The van der Waals surface area contributed by atoms with Crippen molar-refractivity contribution in [3.05, 3.63) is 64.9 Å². The van der Waals surface area contributed by atoms with E-state index in [2.05, 4.69) is 22.4 Å². The van der Waals surface area contributed by atoms with Crippen LogP contribution in [0.25, 0.3) is 0 Å². The van der Waals surface area contributed by atoms with Gasteiger partial charge in [-0.05, 0) is 55.0 Å². The Morgan fingerprint density at radius 1 is 1.21 bits per heavy atom. The second-order valence-corrected chi connectivity index (χ2v) is 8.22. The summed E-state index contributed by atoms with van der Waals surface area (Å²) in [6.07, 6.45) is 7.51. The number of hydrogen-bond donors (Lipinski definition) is 1. The lowest BCUT2D eigenvalue weighted by Crippen LogP contribution is -2.49. The monoisotopic (exact) mass is 399 g/mol. The van der Waals surface area contributed by atoms with Gasteiger partial charge >= 0.3 is 6.03 Å². The molecule has 2 aliphatic rings. The summed E-state index contributed by atoms with van der Waals surface area (Å²) in [6, 6.07) is 12.3. The number of carbonyl (C=O) groups is 1. The lowest BCUT2D eigenvalue weighted by Gasteiger charge is -2.38. The van der Waals surface area contributed by atoms with Gasteiger partial charge in [0, 0.05) is 55.2 Å². The molecule has 1 N–H and O–H groups in total. The Balaban J connectivity index is 1.46. The number of halogens is 1.